The van der Waals surface area contributed by atoms with Gasteiger partial charge in [-0.3, -0.25) is 9.78 Å². The number of carbonyl (C=O) groups excluding carboxylic acids is 1. The molecule has 0 radical (unpaired) electrons. The van der Waals surface area contributed by atoms with Crippen LogP contribution in [0.4, 0.5) is 5.69 Å². The predicted molar refractivity (Wildman–Crippen MR) is 101 cm³/mol. The highest BCUT2D eigenvalue weighted by Gasteiger charge is 2.21. The summed E-state index contributed by atoms with van der Waals surface area (Å²) in [5, 5.41) is 0. The largest absolute Gasteiger partial charge is 0.493 e. The molecule has 1 aromatic heterocycles. The van der Waals surface area contributed by atoms with E-state index >= 15 is 0 Å². The van der Waals surface area contributed by atoms with Crippen molar-refractivity contribution in [1.29, 1.82) is 0 Å². The third kappa shape index (κ3) is 4.25. The quantitative estimate of drug-likeness (QED) is 0.796. The number of carbonyl (C=O) groups is 1. The summed E-state index contributed by atoms with van der Waals surface area (Å²) in [5.41, 5.74) is 2.24. The molecule has 0 atom stereocenters. The molecule has 1 amide bonds. The number of ether oxygens (including phenoxy) is 2. The highest BCUT2D eigenvalue weighted by molar-refractivity contribution is 5.76. The van der Waals surface area contributed by atoms with Crippen molar-refractivity contribution in [3.05, 3.63) is 48.3 Å². The van der Waals surface area contributed by atoms with Crippen molar-refractivity contribution in [2.75, 3.05) is 45.3 Å². The Hall–Kier alpha value is -2.76. The molecule has 1 aliphatic rings. The highest BCUT2D eigenvalue weighted by atomic mass is 16.5. The van der Waals surface area contributed by atoms with Gasteiger partial charge in [0, 0.05) is 50.7 Å². The first-order valence-electron chi connectivity index (χ1n) is 8.85. The predicted octanol–water partition coefficient (Wildman–Crippen LogP) is 2.38. The summed E-state index contributed by atoms with van der Waals surface area (Å²) in [6, 6.07) is 9.82. The van der Waals surface area contributed by atoms with E-state index in [9.17, 15) is 4.79 Å². The molecule has 0 aliphatic carbocycles. The first kappa shape index (κ1) is 18.0. The van der Waals surface area contributed by atoms with Gasteiger partial charge in [-0.05, 0) is 36.2 Å². The lowest BCUT2D eigenvalue weighted by molar-refractivity contribution is -0.131. The molecule has 0 saturated carbocycles. The van der Waals surface area contributed by atoms with Crippen molar-refractivity contribution in [3.63, 3.8) is 0 Å². The summed E-state index contributed by atoms with van der Waals surface area (Å²) in [7, 11) is 3.24. The molecule has 2 aromatic rings. The number of piperazine rings is 1. The van der Waals surface area contributed by atoms with Crippen molar-refractivity contribution in [2.45, 2.75) is 12.8 Å². The Morgan fingerprint density at radius 2 is 1.69 bits per heavy atom. The van der Waals surface area contributed by atoms with Crippen molar-refractivity contribution in [2.24, 2.45) is 0 Å². The van der Waals surface area contributed by atoms with Crippen LogP contribution in [0.5, 0.6) is 11.5 Å². The first-order valence-corrected chi connectivity index (χ1v) is 8.85. The Labute approximate surface area is 154 Å². The number of pyridine rings is 1. The molecule has 1 aromatic carbocycles. The number of rotatable bonds is 6. The number of aryl methyl sites for hydroxylation is 1. The SMILES string of the molecule is COc1ccc(CCC(=O)N2CCN(c3ccncc3)CC2)cc1OC. The van der Waals surface area contributed by atoms with Gasteiger partial charge >= 0.3 is 0 Å². The van der Waals surface area contributed by atoms with Gasteiger partial charge in [0.2, 0.25) is 5.91 Å². The molecule has 0 unspecified atom stereocenters. The summed E-state index contributed by atoms with van der Waals surface area (Å²) in [6.07, 6.45) is 4.81. The molecule has 1 aliphatic heterocycles. The van der Waals surface area contributed by atoms with Gasteiger partial charge in [-0.1, -0.05) is 6.07 Å². The maximum atomic E-state index is 12.5. The summed E-state index contributed by atoms with van der Waals surface area (Å²) >= 11 is 0. The van der Waals surface area contributed by atoms with Crippen molar-refractivity contribution >= 4 is 11.6 Å². The molecular formula is C20H25N3O3. The Bertz CT molecular complexity index is 728. The number of benzene rings is 1. The van der Waals surface area contributed by atoms with E-state index in [1.165, 1.54) is 0 Å². The van der Waals surface area contributed by atoms with Crippen LogP contribution >= 0.6 is 0 Å². The van der Waals surface area contributed by atoms with Crippen LogP contribution in [0.3, 0.4) is 0 Å². The van der Waals surface area contributed by atoms with E-state index in [0.717, 1.165) is 37.4 Å². The van der Waals surface area contributed by atoms with E-state index < -0.39 is 0 Å². The minimum Gasteiger partial charge on any atom is -0.493 e. The molecule has 0 bridgehead atoms. The van der Waals surface area contributed by atoms with Gasteiger partial charge in [0.25, 0.3) is 0 Å². The Morgan fingerprint density at radius 3 is 2.35 bits per heavy atom. The number of methoxy groups -OCH3 is 2. The molecule has 0 spiro atoms. The molecule has 3 rings (SSSR count). The van der Waals surface area contributed by atoms with Crippen molar-refractivity contribution in [1.82, 2.24) is 9.88 Å². The third-order valence-electron chi connectivity index (χ3n) is 4.74. The summed E-state index contributed by atoms with van der Waals surface area (Å²) in [4.78, 5) is 20.8. The van der Waals surface area contributed by atoms with Gasteiger partial charge in [-0.15, -0.1) is 0 Å². The molecular weight excluding hydrogens is 330 g/mol. The van der Waals surface area contributed by atoms with Gasteiger partial charge in [0.15, 0.2) is 11.5 Å². The molecule has 6 nitrogen and oxygen atoms in total. The minimum atomic E-state index is 0.203. The van der Waals surface area contributed by atoms with E-state index in [4.69, 9.17) is 9.47 Å². The molecule has 6 heteroatoms. The summed E-state index contributed by atoms with van der Waals surface area (Å²) in [6.45, 7) is 3.22. The lowest BCUT2D eigenvalue weighted by Crippen LogP contribution is -2.48. The number of nitrogens with zero attached hydrogens (tertiary/aromatic N) is 3. The number of hydrogen-bond donors (Lipinski definition) is 0. The van der Waals surface area contributed by atoms with Crippen LogP contribution in [0, 0.1) is 0 Å². The molecule has 0 N–H and O–H groups in total. The van der Waals surface area contributed by atoms with Crippen LogP contribution in [0.2, 0.25) is 0 Å². The maximum Gasteiger partial charge on any atom is 0.223 e. The van der Waals surface area contributed by atoms with E-state index in [-0.39, 0.29) is 5.91 Å². The zero-order valence-corrected chi connectivity index (χ0v) is 15.4. The number of anilines is 1. The number of hydrogen-bond acceptors (Lipinski definition) is 5. The van der Waals surface area contributed by atoms with Crippen LogP contribution in [0.1, 0.15) is 12.0 Å². The maximum absolute atomic E-state index is 12.5. The fourth-order valence-corrected chi connectivity index (χ4v) is 3.21. The summed E-state index contributed by atoms with van der Waals surface area (Å²) < 4.78 is 10.6. The van der Waals surface area contributed by atoms with E-state index in [1.807, 2.05) is 35.2 Å². The zero-order valence-electron chi connectivity index (χ0n) is 15.4. The van der Waals surface area contributed by atoms with Gasteiger partial charge < -0.3 is 19.3 Å². The fraction of sp³-hybridized carbons (Fsp3) is 0.400. The van der Waals surface area contributed by atoms with Crippen LogP contribution in [0.25, 0.3) is 0 Å². The van der Waals surface area contributed by atoms with E-state index in [2.05, 4.69) is 9.88 Å². The van der Waals surface area contributed by atoms with Gasteiger partial charge in [-0.2, -0.15) is 0 Å². The Kier molecular flexibility index (Phi) is 5.94. The molecule has 1 fully saturated rings. The summed E-state index contributed by atoms with van der Waals surface area (Å²) in [5.74, 6) is 1.60. The minimum absolute atomic E-state index is 0.203. The number of amides is 1. The molecule has 138 valence electrons. The average Bonchev–Trinajstić information content (AvgIpc) is 2.72. The van der Waals surface area contributed by atoms with E-state index in [1.54, 1.807) is 26.6 Å². The smallest absolute Gasteiger partial charge is 0.223 e. The van der Waals surface area contributed by atoms with Gasteiger partial charge in [-0.25, -0.2) is 0 Å². The second-order valence-electron chi connectivity index (χ2n) is 6.26. The van der Waals surface area contributed by atoms with E-state index in [0.29, 0.717) is 24.3 Å². The lowest BCUT2D eigenvalue weighted by atomic mass is 10.1. The van der Waals surface area contributed by atoms with Gasteiger partial charge in [0.1, 0.15) is 0 Å². The standard InChI is InChI=1S/C20H25N3O3/c1-25-18-5-3-16(15-19(18)26-2)4-6-20(24)23-13-11-22(12-14-23)17-7-9-21-10-8-17/h3,5,7-10,15H,4,6,11-14H2,1-2H3. The van der Waals surface area contributed by atoms with Crippen LogP contribution in [0.15, 0.2) is 42.7 Å². The van der Waals surface area contributed by atoms with Crippen molar-refractivity contribution in [3.8, 4) is 11.5 Å². The second-order valence-corrected chi connectivity index (χ2v) is 6.26. The lowest BCUT2D eigenvalue weighted by Gasteiger charge is -2.36. The Balaban J connectivity index is 1.50. The highest BCUT2D eigenvalue weighted by Crippen LogP contribution is 2.28. The second kappa shape index (κ2) is 8.56. The average molecular weight is 355 g/mol. The molecule has 2 heterocycles. The fourth-order valence-electron chi connectivity index (χ4n) is 3.21. The van der Waals surface area contributed by atoms with Gasteiger partial charge in [0.05, 0.1) is 14.2 Å². The number of aromatic nitrogens is 1. The van der Waals surface area contributed by atoms with Crippen LogP contribution in [-0.2, 0) is 11.2 Å². The molecule has 1 saturated heterocycles. The monoisotopic (exact) mass is 355 g/mol. The third-order valence-corrected chi connectivity index (χ3v) is 4.74. The Morgan fingerprint density at radius 1 is 1.00 bits per heavy atom. The van der Waals surface area contributed by atoms with Crippen LogP contribution < -0.4 is 14.4 Å². The normalized spacial score (nSPS) is 14.2. The molecule has 26 heavy (non-hydrogen) atoms. The van der Waals surface area contributed by atoms with Crippen molar-refractivity contribution < 1.29 is 14.3 Å². The van der Waals surface area contributed by atoms with Crippen LogP contribution in [-0.4, -0.2) is 56.2 Å². The topological polar surface area (TPSA) is 54.9 Å². The first-order chi connectivity index (χ1) is 12.7. The zero-order chi connectivity index (χ0) is 18.4.